The maximum Gasteiger partial charge on any atom is 0.309 e. The van der Waals surface area contributed by atoms with Crippen LogP contribution in [0.1, 0.15) is 30.9 Å². The summed E-state index contributed by atoms with van der Waals surface area (Å²) >= 11 is 5.11. The van der Waals surface area contributed by atoms with E-state index >= 15 is 0 Å². The molecule has 3 aromatic rings. The average Bonchev–Trinajstić information content (AvgIpc) is 3.34. The van der Waals surface area contributed by atoms with Crippen LogP contribution >= 0.6 is 27.3 Å². The summed E-state index contributed by atoms with van der Waals surface area (Å²) in [6, 6.07) is 12.1. The first-order valence-corrected chi connectivity index (χ1v) is 13.1. The summed E-state index contributed by atoms with van der Waals surface area (Å²) in [7, 11) is 1.66. The molecule has 2 heterocycles. The number of halogens is 1. The van der Waals surface area contributed by atoms with Gasteiger partial charge in [-0.3, -0.25) is 4.79 Å². The first-order chi connectivity index (χ1) is 16.5. The molecular formula is C26H29BrN2O4S. The molecule has 34 heavy (non-hydrogen) atoms. The van der Waals surface area contributed by atoms with Crippen LogP contribution in [0.4, 0.5) is 5.13 Å². The second kappa shape index (κ2) is 11.2. The van der Waals surface area contributed by atoms with Crippen LogP contribution in [0.25, 0.3) is 11.3 Å². The molecule has 0 amide bonds. The Morgan fingerprint density at radius 1 is 1.18 bits per heavy atom. The number of ether oxygens (including phenoxy) is 3. The molecule has 0 N–H and O–H groups in total. The molecule has 6 nitrogen and oxygen atoms in total. The Labute approximate surface area is 213 Å². The predicted molar refractivity (Wildman–Crippen MR) is 139 cm³/mol. The van der Waals surface area contributed by atoms with Gasteiger partial charge in [-0.25, -0.2) is 4.98 Å². The molecule has 1 fully saturated rings. The fourth-order valence-corrected chi connectivity index (χ4v) is 5.28. The molecule has 1 aromatic heterocycles. The Morgan fingerprint density at radius 3 is 2.71 bits per heavy atom. The van der Waals surface area contributed by atoms with E-state index in [1.807, 2.05) is 37.3 Å². The van der Waals surface area contributed by atoms with Crippen LogP contribution in [-0.4, -0.2) is 37.8 Å². The van der Waals surface area contributed by atoms with Crippen LogP contribution in [0, 0.1) is 12.8 Å². The molecular weight excluding hydrogens is 516 g/mol. The van der Waals surface area contributed by atoms with Gasteiger partial charge in [0, 0.05) is 34.1 Å². The molecule has 8 heteroatoms. The van der Waals surface area contributed by atoms with Gasteiger partial charge in [-0.1, -0.05) is 33.6 Å². The van der Waals surface area contributed by atoms with Gasteiger partial charge in [0.1, 0.15) is 18.1 Å². The van der Waals surface area contributed by atoms with E-state index < -0.39 is 0 Å². The van der Waals surface area contributed by atoms with Crippen molar-refractivity contribution in [3.63, 3.8) is 0 Å². The summed E-state index contributed by atoms with van der Waals surface area (Å²) in [6.45, 7) is 6.35. The fourth-order valence-electron chi connectivity index (χ4n) is 4.06. The number of hydrogen-bond acceptors (Lipinski definition) is 7. The van der Waals surface area contributed by atoms with Crippen molar-refractivity contribution in [2.24, 2.45) is 5.92 Å². The maximum atomic E-state index is 12.0. The van der Waals surface area contributed by atoms with Gasteiger partial charge >= 0.3 is 5.97 Å². The van der Waals surface area contributed by atoms with Gasteiger partial charge < -0.3 is 19.1 Å². The summed E-state index contributed by atoms with van der Waals surface area (Å²) in [4.78, 5) is 19.2. The van der Waals surface area contributed by atoms with E-state index in [2.05, 4.69) is 39.2 Å². The standard InChI is InChI=1S/C26H29BrN2O4S/c1-4-32-25(30)18-9-11-29(12-10-18)26-28-22(16-34-26)21-13-17(2)5-8-23(21)33-15-19-6-7-20(27)14-24(19)31-3/h5-8,13-14,16,18H,4,9-12,15H2,1-3H3. The minimum Gasteiger partial charge on any atom is -0.496 e. The number of rotatable bonds is 8. The van der Waals surface area contributed by atoms with Crippen molar-refractivity contribution in [3.05, 3.63) is 57.4 Å². The Balaban J connectivity index is 1.48. The van der Waals surface area contributed by atoms with E-state index in [4.69, 9.17) is 19.2 Å². The highest BCUT2D eigenvalue weighted by Crippen LogP contribution is 2.36. The fraction of sp³-hybridized carbons (Fsp3) is 0.385. The van der Waals surface area contributed by atoms with Crippen molar-refractivity contribution < 1.29 is 19.0 Å². The Morgan fingerprint density at radius 2 is 1.97 bits per heavy atom. The lowest BCUT2D eigenvalue weighted by molar-refractivity contribution is -0.148. The highest BCUT2D eigenvalue weighted by molar-refractivity contribution is 9.10. The predicted octanol–water partition coefficient (Wildman–Crippen LogP) is 6.25. The van der Waals surface area contributed by atoms with Gasteiger partial charge in [0.15, 0.2) is 5.13 Å². The number of aryl methyl sites for hydroxylation is 1. The number of esters is 1. The molecule has 2 aromatic carbocycles. The van der Waals surface area contributed by atoms with Crippen LogP contribution in [0.15, 0.2) is 46.3 Å². The lowest BCUT2D eigenvalue weighted by atomic mass is 9.97. The zero-order valence-electron chi connectivity index (χ0n) is 19.7. The number of aromatic nitrogens is 1. The van der Waals surface area contributed by atoms with E-state index in [1.54, 1.807) is 18.4 Å². The topological polar surface area (TPSA) is 60.9 Å². The molecule has 0 radical (unpaired) electrons. The molecule has 1 aliphatic heterocycles. The summed E-state index contributed by atoms with van der Waals surface area (Å²) in [5.41, 5.74) is 3.99. The third-order valence-electron chi connectivity index (χ3n) is 5.92. The molecule has 1 aliphatic rings. The monoisotopic (exact) mass is 544 g/mol. The van der Waals surface area contributed by atoms with E-state index in [-0.39, 0.29) is 11.9 Å². The largest absolute Gasteiger partial charge is 0.496 e. The van der Waals surface area contributed by atoms with E-state index in [1.165, 1.54) is 0 Å². The Kier molecular flexibility index (Phi) is 8.11. The van der Waals surface area contributed by atoms with Gasteiger partial charge in [-0.05, 0) is 51.0 Å². The highest BCUT2D eigenvalue weighted by atomic mass is 79.9. The number of hydrogen-bond donors (Lipinski definition) is 0. The van der Waals surface area contributed by atoms with Crippen LogP contribution < -0.4 is 14.4 Å². The summed E-state index contributed by atoms with van der Waals surface area (Å²) in [5.74, 6) is 1.48. The molecule has 180 valence electrons. The van der Waals surface area contributed by atoms with Crippen molar-refractivity contribution in [2.45, 2.75) is 33.3 Å². The minimum absolute atomic E-state index is 0.0111. The van der Waals surface area contributed by atoms with Crippen molar-refractivity contribution >= 4 is 38.4 Å². The second-order valence-corrected chi connectivity index (χ2v) is 10.0. The lowest BCUT2D eigenvalue weighted by Gasteiger charge is -2.30. The second-order valence-electron chi connectivity index (χ2n) is 8.27. The van der Waals surface area contributed by atoms with Crippen molar-refractivity contribution in [1.29, 1.82) is 0 Å². The minimum atomic E-state index is -0.0778. The Bertz CT molecular complexity index is 1140. The smallest absolute Gasteiger partial charge is 0.309 e. The first-order valence-electron chi connectivity index (χ1n) is 11.4. The normalized spacial score (nSPS) is 14.2. The lowest BCUT2D eigenvalue weighted by Crippen LogP contribution is -2.36. The zero-order valence-corrected chi connectivity index (χ0v) is 22.1. The first kappa shape index (κ1) is 24.5. The molecule has 0 bridgehead atoms. The average molecular weight is 545 g/mol. The molecule has 0 spiro atoms. The number of carbonyl (C=O) groups excluding carboxylic acids is 1. The third-order valence-corrected chi connectivity index (χ3v) is 7.32. The van der Waals surface area contributed by atoms with Crippen molar-refractivity contribution in [1.82, 2.24) is 4.98 Å². The highest BCUT2D eigenvalue weighted by Gasteiger charge is 2.27. The number of thiazole rings is 1. The number of carbonyl (C=O) groups is 1. The summed E-state index contributed by atoms with van der Waals surface area (Å²) in [5, 5.41) is 3.05. The van der Waals surface area contributed by atoms with Crippen LogP contribution in [0.3, 0.4) is 0 Å². The molecule has 0 saturated carbocycles. The number of benzene rings is 2. The Hall–Kier alpha value is -2.58. The molecule has 1 saturated heterocycles. The van der Waals surface area contributed by atoms with Crippen LogP contribution in [-0.2, 0) is 16.1 Å². The van der Waals surface area contributed by atoms with Crippen LogP contribution in [0.2, 0.25) is 0 Å². The number of methoxy groups -OCH3 is 1. The summed E-state index contributed by atoms with van der Waals surface area (Å²) < 4.78 is 17.9. The maximum absolute atomic E-state index is 12.0. The van der Waals surface area contributed by atoms with E-state index in [9.17, 15) is 4.79 Å². The van der Waals surface area contributed by atoms with Gasteiger partial charge in [0.05, 0.1) is 25.3 Å². The molecule has 0 aliphatic carbocycles. The SMILES string of the molecule is CCOC(=O)C1CCN(c2nc(-c3cc(C)ccc3OCc3ccc(Br)cc3OC)cs2)CC1. The molecule has 0 atom stereocenters. The van der Waals surface area contributed by atoms with Gasteiger partial charge in [0.2, 0.25) is 0 Å². The van der Waals surface area contributed by atoms with E-state index in [0.29, 0.717) is 13.2 Å². The van der Waals surface area contributed by atoms with Gasteiger partial charge in [0.25, 0.3) is 0 Å². The quantitative estimate of drug-likeness (QED) is 0.312. The molecule has 4 rings (SSSR count). The van der Waals surface area contributed by atoms with Crippen molar-refractivity contribution in [3.8, 4) is 22.8 Å². The molecule has 0 unspecified atom stereocenters. The van der Waals surface area contributed by atoms with Crippen LogP contribution in [0.5, 0.6) is 11.5 Å². The van der Waals surface area contributed by atoms with Gasteiger partial charge in [-0.2, -0.15) is 0 Å². The number of anilines is 1. The number of nitrogens with zero attached hydrogens (tertiary/aromatic N) is 2. The summed E-state index contributed by atoms with van der Waals surface area (Å²) in [6.07, 6.45) is 1.59. The van der Waals surface area contributed by atoms with E-state index in [0.717, 1.165) is 69.4 Å². The third kappa shape index (κ3) is 5.73. The zero-order chi connectivity index (χ0) is 24.1. The number of piperidine rings is 1. The van der Waals surface area contributed by atoms with Crippen molar-refractivity contribution in [2.75, 3.05) is 31.7 Å². The van der Waals surface area contributed by atoms with Gasteiger partial charge in [-0.15, -0.1) is 11.3 Å².